The van der Waals surface area contributed by atoms with Crippen LogP contribution in [0.4, 0.5) is 0 Å². The summed E-state index contributed by atoms with van der Waals surface area (Å²) in [6.07, 6.45) is 3.13. The van der Waals surface area contributed by atoms with Crippen LogP contribution in [-0.4, -0.2) is 36.1 Å². The number of hydrogen-bond acceptors (Lipinski definition) is 5. The van der Waals surface area contributed by atoms with E-state index in [1.54, 1.807) is 11.3 Å². The van der Waals surface area contributed by atoms with Gasteiger partial charge in [0.05, 0.1) is 10.6 Å². The first-order valence-corrected chi connectivity index (χ1v) is 8.18. The van der Waals surface area contributed by atoms with E-state index < -0.39 is 0 Å². The molecule has 2 atom stereocenters. The fraction of sp³-hybridized carbons (Fsp3) is 0.533. The molecule has 0 aromatic carbocycles. The molecule has 4 rings (SSSR count). The highest BCUT2D eigenvalue weighted by molar-refractivity contribution is 7.13. The van der Waals surface area contributed by atoms with Crippen LogP contribution in [0.2, 0.25) is 0 Å². The second kappa shape index (κ2) is 5.31. The summed E-state index contributed by atoms with van der Waals surface area (Å²) in [5.74, 6) is 2.48. The molecule has 0 bridgehead atoms. The van der Waals surface area contributed by atoms with Crippen LogP contribution in [0, 0.1) is 11.8 Å². The predicted molar refractivity (Wildman–Crippen MR) is 79.6 cm³/mol. The zero-order chi connectivity index (χ0) is 13.4. The molecule has 2 saturated heterocycles. The van der Waals surface area contributed by atoms with Crippen molar-refractivity contribution < 1.29 is 4.42 Å². The van der Waals surface area contributed by atoms with Crippen LogP contribution in [0.15, 0.2) is 28.2 Å². The van der Waals surface area contributed by atoms with Crippen molar-refractivity contribution in [3.8, 4) is 10.8 Å². The van der Waals surface area contributed by atoms with Crippen LogP contribution >= 0.6 is 11.3 Å². The topological polar surface area (TPSA) is 41.3 Å². The van der Waals surface area contributed by atoms with E-state index >= 15 is 0 Å². The molecule has 0 spiro atoms. The Labute approximate surface area is 122 Å². The molecule has 2 aliphatic heterocycles. The van der Waals surface area contributed by atoms with Gasteiger partial charge < -0.3 is 9.73 Å². The monoisotopic (exact) mass is 289 g/mol. The summed E-state index contributed by atoms with van der Waals surface area (Å²) < 4.78 is 5.60. The summed E-state index contributed by atoms with van der Waals surface area (Å²) in [6.45, 7) is 5.69. The van der Waals surface area contributed by atoms with Gasteiger partial charge in [-0.3, -0.25) is 4.90 Å². The smallest absolute Gasteiger partial charge is 0.236 e. The van der Waals surface area contributed by atoms with Gasteiger partial charge in [-0.2, -0.15) is 0 Å². The molecule has 2 aromatic heterocycles. The normalized spacial score (nSPS) is 26.8. The maximum Gasteiger partial charge on any atom is 0.236 e. The minimum absolute atomic E-state index is 0.757. The quantitative estimate of drug-likeness (QED) is 0.942. The molecule has 5 heteroatoms. The van der Waals surface area contributed by atoms with Crippen LogP contribution in [0.25, 0.3) is 10.8 Å². The Kier molecular flexibility index (Phi) is 3.34. The summed E-state index contributed by atoms with van der Waals surface area (Å²) in [6, 6.07) is 4.08. The molecular formula is C15H19N3OS. The molecule has 2 aliphatic rings. The van der Waals surface area contributed by atoms with E-state index in [0.29, 0.717) is 0 Å². The number of likely N-dealkylation sites (tertiary alicyclic amines) is 1. The minimum atomic E-state index is 0.757. The third kappa shape index (κ3) is 2.41. The zero-order valence-electron chi connectivity index (χ0n) is 11.4. The van der Waals surface area contributed by atoms with Crippen molar-refractivity contribution in [1.29, 1.82) is 0 Å². The van der Waals surface area contributed by atoms with E-state index in [4.69, 9.17) is 4.42 Å². The van der Waals surface area contributed by atoms with Crippen molar-refractivity contribution in [2.24, 2.45) is 11.8 Å². The maximum atomic E-state index is 5.60. The number of oxazole rings is 1. The van der Waals surface area contributed by atoms with E-state index in [0.717, 1.165) is 34.8 Å². The number of hydrogen-bond donors (Lipinski definition) is 1. The fourth-order valence-corrected chi connectivity index (χ4v) is 4.03. The first kappa shape index (κ1) is 12.6. The minimum Gasteiger partial charge on any atom is -0.444 e. The van der Waals surface area contributed by atoms with Crippen molar-refractivity contribution in [2.45, 2.75) is 13.0 Å². The van der Waals surface area contributed by atoms with Crippen LogP contribution in [0.5, 0.6) is 0 Å². The summed E-state index contributed by atoms with van der Waals surface area (Å²) in [5.41, 5.74) is 1.05. The first-order chi connectivity index (χ1) is 9.88. The van der Waals surface area contributed by atoms with Crippen LogP contribution in [0.3, 0.4) is 0 Å². The van der Waals surface area contributed by atoms with E-state index in [9.17, 15) is 0 Å². The molecule has 0 amide bonds. The van der Waals surface area contributed by atoms with Crippen LogP contribution < -0.4 is 5.32 Å². The summed E-state index contributed by atoms with van der Waals surface area (Å²) in [7, 11) is 0. The van der Waals surface area contributed by atoms with Crippen molar-refractivity contribution >= 4 is 11.3 Å². The molecule has 0 aliphatic carbocycles. The van der Waals surface area contributed by atoms with Gasteiger partial charge in [0.1, 0.15) is 6.26 Å². The van der Waals surface area contributed by atoms with Gasteiger partial charge in [0.2, 0.25) is 5.89 Å². The molecule has 1 N–H and O–H groups in total. The van der Waals surface area contributed by atoms with Crippen LogP contribution in [0.1, 0.15) is 12.1 Å². The zero-order valence-corrected chi connectivity index (χ0v) is 12.2. The van der Waals surface area contributed by atoms with E-state index in [1.165, 1.54) is 32.6 Å². The highest BCUT2D eigenvalue weighted by atomic mass is 32.1. The van der Waals surface area contributed by atoms with Gasteiger partial charge in [-0.15, -0.1) is 11.3 Å². The lowest BCUT2D eigenvalue weighted by molar-refractivity contribution is 0.141. The van der Waals surface area contributed by atoms with Gasteiger partial charge in [0, 0.05) is 13.1 Å². The van der Waals surface area contributed by atoms with Gasteiger partial charge in [-0.05, 0) is 49.3 Å². The Balaban J connectivity index is 1.42. The fourth-order valence-electron chi connectivity index (χ4n) is 3.38. The summed E-state index contributed by atoms with van der Waals surface area (Å²) >= 11 is 1.67. The first-order valence-electron chi connectivity index (χ1n) is 7.30. The van der Waals surface area contributed by atoms with Gasteiger partial charge in [0.25, 0.3) is 0 Å². The molecule has 20 heavy (non-hydrogen) atoms. The number of fused-ring (bicyclic) bond motifs is 1. The molecular weight excluding hydrogens is 270 g/mol. The number of aromatic nitrogens is 1. The second-order valence-corrected chi connectivity index (χ2v) is 6.77. The van der Waals surface area contributed by atoms with E-state index in [1.807, 2.05) is 12.3 Å². The van der Waals surface area contributed by atoms with Gasteiger partial charge in [0.15, 0.2) is 0 Å². The third-order valence-electron chi connectivity index (χ3n) is 4.46. The average Bonchev–Trinajstić information content (AvgIpc) is 3.19. The maximum absolute atomic E-state index is 5.60. The summed E-state index contributed by atoms with van der Waals surface area (Å²) in [5, 5.41) is 5.56. The van der Waals surface area contributed by atoms with Crippen LogP contribution in [-0.2, 0) is 6.54 Å². The Morgan fingerprint density at radius 1 is 1.40 bits per heavy atom. The number of nitrogens with one attached hydrogen (secondary N) is 1. The Morgan fingerprint density at radius 2 is 2.35 bits per heavy atom. The lowest BCUT2D eigenvalue weighted by Gasteiger charge is -2.33. The van der Waals surface area contributed by atoms with Crippen molar-refractivity contribution in [3.63, 3.8) is 0 Å². The number of nitrogens with zero attached hydrogens (tertiary/aromatic N) is 2. The largest absolute Gasteiger partial charge is 0.444 e. The molecule has 4 nitrogen and oxygen atoms in total. The lowest BCUT2D eigenvalue weighted by atomic mass is 9.89. The van der Waals surface area contributed by atoms with E-state index in [2.05, 4.69) is 26.6 Å². The molecule has 0 saturated carbocycles. The SMILES string of the molecule is c1csc(-c2nc(CN3CCC4CNCC4C3)co2)c1. The molecule has 106 valence electrons. The molecule has 0 radical (unpaired) electrons. The van der Waals surface area contributed by atoms with Gasteiger partial charge in [-0.25, -0.2) is 4.98 Å². The Bertz CT molecular complexity index is 565. The molecule has 2 unspecified atom stereocenters. The third-order valence-corrected chi connectivity index (χ3v) is 5.32. The molecule has 2 fully saturated rings. The van der Waals surface area contributed by atoms with Gasteiger partial charge in [-0.1, -0.05) is 6.07 Å². The Morgan fingerprint density at radius 3 is 3.25 bits per heavy atom. The van der Waals surface area contributed by atoms with Gasteiger partial charge >= 0.3 is 0 Å². The van der Waals surface area contributed by atoms with Crippen molar-refractivity contribution in [2.75, 3.05) is 26.2 Å². The molecule has 4 heterocycles. The van der Waals surface area contributed by atoms with Crippen molar-refractivity contribution in [3.05, 3.63) is 29.5 Å². The lowest BCUT2D eigenvalue weighted by Crippen LogP contribution is -2.39. The average molecular weight is 289 g/mol. The summed E-state index contributed by atoms with van der Waals surface area (Å²) in [4.78, 5) is 8.24. The standard InChI is InChI=1S/C15H19N3OS/c1-2-14(20-5-1)15-17-13(10-19-15)9-18-4-3-11-6-16-7-12(11)8-18/h1-2,5,10-12,16H,3-4,6-9H2. The predicted octanol–water partition coefficient (Wildman–Crippen LogP) is 2.44. The highest BCUT2D eigenvalue weighted by Crippen LogP contribution is 2.28. The second-order valence-electron chi connectivity index (χ2n) is 5.82. The van der Waals surface area contributed by atoms with Crippen molar-refractivity contribution in [1.82, 2.24) is 15.2 Å². The Hall–Kier alpha value is -1.17. The van der Waals surface area contributed by atoms with E-state index in [-0.39, 0.29) is 0 Å². The number of rotatable bonds is 3. The highest BCUT2D eigenvalue weighted by Gasteiger charge is 2.32. The number of piperidine rings is 1. The molecule has 2 aromatic rings. The number of thiophene rings is 1.